The topological polar surface area (TPSA) is 60.4 Å². The fraction of sp³-hybridized carbons (Fsp3) is 0.652. The molecule has 0 atom stereocenters. The van der Waals surface area contributed by atoms with Gasteiger partial charge in [-0.15, -0.1) is 0 Å². The SMILES string of the molecule is CCNC(=NCC1(c2ccccc2F)CC1)N1CCN(CC(=O)N2CCOCC2)CC1. The molecule has 3 fully saturated rings. The molecule has 1 saturated carbocycles. The highest BCUT2D eigenvalue weighted by Gasteiger charge is 2.46. The van der Waals surface area contributed by atoms with Crippen LogP contribution in [-0.4, -0.2) is 98.7 Å². The zero-order valence-electron chi connectivity index (χ0n) is 18.5. The number of hydrogen-bond donors (Lipinski definition) is 1. The minimum absolute atomic E-state index is 0.126. The third-order valence-electron chi connectivity index (χ3n) is 6.56. The van der Waals surface area contributed by atoms with Crippen molar-refractivity contribution in [2.24, 2.45) is 4.99 Å². The lowest BCUT2D eigenvalue weighted by atomic mass is 9.95. The summed E-state index contributed by atoms with van der Waals surface area (Å²) in [6.07, 6.45) is 1.96. The van der Waals surface area contributed by atoms with E-state index in [4.69, 9.17) is 9.73 Å². The second-order valence-corrected chi connectivity index (χ2v) is 8.69. The molecule has 2 aliphatic heterocycles. The average molecular weight is 432 g/mol. The first-order valence-electron chi connectivity index (χ1n) is 11.5. The van der Waals surface area contributed by atoms with E-state index in [0.717, 1.165) is 57.1 Å². The van der Waals surface area contributed by atoms with Crippen molar-refractivity contribution >= 4 is 11.9 Å². The smallest absolute Gasteiger partial charge is 0.236 e. The molecule has 1 aliphatic carbocycles. The van der Waals surface area contributed by atoms with Gasteiger partial charge in [-0.1, -0.05) is 18.2 Å². The Morgan fingerprint density at radius 1 is 1.10 bits per heavy atom. The highest BCUT2D eigenvalue weighted by molar-refractivity contribution is 5.80. The van der Waals surface area contributed by atoms with E-state index in [1.165, 1.54) is 0 Å². The van der Waals surface area contributed by atoms with Crippen LogP contribution in [0.3, 0.4) is 0 Å². The molecule has 1 aromatic rings. The number of carbonyl (C=O) groups excluding carboxylic acids is 1. The second-order valence-electron chi connectivity index (χ2n) is 8.69. The number of carbonyl (C=O) groups is 1. The van der Waals surface area contributed by atoms with Crippen LogP contribution in [0, 0.1) is 5.82 Å². The largest absolute Gasteiger partial charge is 0.378 e. The van der Waals surface area contributed by atoms with E-state index in [2.05, 4.69) is 22.0 Å². The number of guanidine groups is 1. The highest BCUT2D eigenvalue weighted by Crippen LogP contribution is 2.49. The third-order valence-corrected chi connectivity index (χ3v) is 6.56. The van der Waals surface area contributed by atoms with Crippen molar-refractivity contribution in [2.75, 3.05) is 72.1 Å². The van der Waals surface area contributed by atoms with Gasteiger partial charge in [-0.05, 0) is 31.4 Å². The minimum Gasteiger partial charge on any atom is -0.378 e. The summed E-state index contributed by atoms with van der Waals surface area (Å²) in [5, 5.41) is 3.40. The number of piperazine rings is 1. The molecule has 170 valence electrons. The van der Waals surface area contributed by atoms with E-state index in [1.54, 1.807) is 12.1 Å². The summed E-state index contributed by atoms with van der Waals surface area (Å²) in [6, 6.07) is 7.09. The van der Waals surface area contributed by atoms with E-state index in [-0.39, 0.29) is 17.1 Å². The van der Waals surface area contributed by atoms with Gasteiger partial charge in [-0.2, -0.15) is 0 Å². The minimum atomic E-state index is -0.154. The summed E-state index contributed by atoms with van der Waals surface area (Å²) < 4.78 is 19.7. The monoisotopic (exact) mass is 431 g/mol. The zero-order chi connectivity index (χ0) is 21.7. The fourth-order valence-electron chi connectivity index (χ4n) is 4.43. The standard InChI is InChI=1S/C23H34FN5O2/c1-2-25-22(26-18-23(7-8-23)19-5-3-4-6-20(19)24)29-11-9-27(10-12-29)17-21(30)28-13-15-31-16-14-28/h3-6H,2,7-18H2,1H3,(H,25,26). The molecule has 0 aromatic heterocycles. The van der Waals surface area contributed by atoms with Gasteiger partial charge >= 0.3 is 0 Å². The van der Waals surface area contributed by atoms with Crippen LogP contribution in [0.1, 0.15) is 25.3 Å². The Kier molecular flexibility index (Phi) is 7.07. The van der Waals surface area contributed by atoms with Crippen LogP contribution in [0.5, 0.6) is 0 Å². The van der Waals surface area contributed by atoms with Crippen LogP contribution in [0.15, 0.2) is 29.3 Å². The fourth-order valence-corrected chi connectivity index (χ4v) is 4.43. The maximum atomic E-state index is 14.3. The van der Waals surface area contributed by atoms with E-state index >= 15 is 0 Å². The van der Waals surface area contributed by atoms with Gasteiger partial charge in [-0.25, -0.2) is 4.39 Å². The van der Waals surface area contributed by atoms with Gasteiger partial charge < -0.3 is 19.9 Å². The van der Waals surface area contributed by atoms with E-state index in [1.807, 2.05) is 17.0 Å². The van der Waals surface area contributed by atoms with Crippen LogP contribution in [0.25, 0.3) is 0 Å². The van der Waals surface area contributed by atoms with Crippen LogP contribution in [0.4, 0.5) is 4.39 Å². The van der Waals surface area contributed by atoms with Crippen LogP contribution >= 0.6 is 0 Å². The average Bonchev–Trinajstić information content (AvgIpc) is 3.59. The predicted molar refractivity (Wildman–Crippen MR) is 119 cm³/mol. The van der Waals surface area contributed by atoms with Crippen molar-refractivity contribution in [1.29, 1.82) is 0 Å². The maximum absolute atomic E-state index is 14.3. The number of ether oxygens (including phenoxy) is 1. The van der Waals surface area contributed by atoms with Gasteiger partial charge in [0, 0.05) is 51.2 Å². The molecular formula is C23H34FN5O2. The summed E-state index contributed by atoms with van der Waals surface area (Å²) >= 11 is 0. The van der Waals surface area contributed by atoms with E-state index < -0.39 is 0 Å². The number of benzene rings is 1. The van der Waals surface area contributed by atoms with Crippen molar-refractivity contribution in [2.45, 2.75) is 25.2 Å². The Labute approximate surface area is 184 Å². The quantitative estimate of drug-likeness (QED) is 0.544. The molecule has 3 aliphatic rings. The first-order chi connectivity index (χ1) is 15.1. The summed E-state index contributed by atoms with van der Waals surface area (Å²) in [4.78, 5) is 23.8. The molecule has 4 rings (SSSR count). The first-order valence-corrected chi connectivity index (χ1v) is 11.5. The Hall–Kier alpha value is -2.19. The Balaban J connectivity index is 1.32. The van der Waals surface area contributed by atoms with E-state index in [0.29, 0.717) is 39.4 Å². The molecule has 1 amide bonds. The predicted octanol–water partition coefficient (Wildman–Crippen LogP) is 1.30. The molecule has 8 heteroatoms. The molecule has 0 bridgehead atoms. The molecule has 31 heavy (non-hydrogen) atoms. The molecule has 0 spiro atoms. The molecule has 1 aromatic carbocycles. The third kappa shape index (κ3) is 5.36. The number of aliphatic imine (C=N–C) groups is 1. The Morgan fingerprint density at radius 3 is 2.45 bits per heavy atom. The van der Waals surface area contributed by atoms with Crippen molar-refractivity contribution in [3.8, 4) is 0 Å². The van der Waals surface area contributed by atoms with Gasteiger partial charge in [0.15, 0.2) is 5.96 Å². The number of halogens is 1. The number of amides is 1. The molecule has 0 radical (unpaired) electrons. The van der Waals surface area contributed by atoms with Crippen molar-refractivity contribution in [3.05, 3.63) is 35.6 Å². The number of rotatable bonds is 6. The molecule has 2 heterocycles. The summed E-state index contributed by atoms with van der Waals surface area (Å²) in [6.45, 7) is 9.91. The van der Waals surface area contributed by atoms with Crippen molar-refractivity contribution < 1.29 is 13.9 Å². The molecule has 1 N–H and O–H groups in total. The summed E-state index contributed by atoms with van der Waals surface area (Å²) in [7, 11) is 0. The summed E-state index contributed by atoms with van der Waals surface area (Å²) in [5.41, 5.74) is 0.638. The molecular weight excluding hydrogens is 397 g/mol. The van der Waals surface area contributed by atoms with Gasteiger partial charge in [-0.3, -0.25) is 14.7 Å². The lowest BCUT2D eigenvalue weighted by Crippen LogP contribution is -2.55. The van der Waals surface area contributed by atoms with Crippen LogP contribution < -0.4 is 5.32 Å². The Bertz CT molecular complexity index is 784. The molecule has 2 saturated heterocycles. The first kappa shape index (κ1) is 22.0. The lowest BCUT2D eigenvalue weighted by Gasteiger charge is -2.37. The van der Waals surface area contributed by atoms with Crippen molar-refractivity contribution in [3.63, 3.8) is 0 Å². The van der Waals surface area contributed by atoms with Crippen LogP contribution in [-0.2, 0) is 14.9 Å². The maximum Gasteiger partial charge on any atom is 0.236 e. The van der Waals surface area contributed by atoms with Gasteiger partial charge in [0.25, 0.3) is 0 Å². The zero-order valence-corrected chi connectivity index (χ0v) is 18.5. The molecule has 0 unspecified atom stereocenters. The number of nitrogens with zero attached hydrogens (tertiary/aromatic N) is 4. The van der Waals surface area contributed by atoms with Crippen LogP contribution in [0.2, 0.25) is 0 Å². The van der Waals surface area contributed by atoms with Gasteiger partial charge in [0.1, 0.15) is 5.82 Å². The normalized spacial score (nSPS) is 21.8. The lowest BCUT2D eigenvalue weighted by molar-refractivity contribution is -0.136. The Morgan fingerprint density at radius 2 is 1.81 bits per heavy atom. The van der Waals surface area contributed by atoms with Crippen molar-refractivity contribution in [1.82, 2.24) is 20.0 Å². The number of hydrogen-bond acceptors (Lipinski definition) is 4. The number of nitrogens with one attached hydrogen (secondary N) is 1. The second kappa shape index (κ2) is 9.96. The van der Waals surface area contributed by atoms with Gasteiger partial charge in [0.05, 0.1) is 26.3 Å². The number of morpholine rings is 1. The highest BCUT2D eigenvalue weighted by atomic mass is 19.1. The summed E-state index contributed by atoms with van der Waals surface area (Å²) in [5.74, 6) is 0.959. The van der Waals surface area contributed by atoms with Gasteiger partial charge in [0.2, 0.25) is 5.91 Å². The molecule has 7 nitrogen and oxygen atoms in total. The van der Waals surface area contributed by atoms with E-state index in [9.17, 15) is 9.18 Å².